The highest BCUT2D eigenvalue weighted by atomic mass is 32.2. The third kappa shape index (κ3) is 5.34. The van der Waals surface area contributed by atoms with Crippen LogP contribution >= 0.6 is 11.8 Å². The molecule has 1 amide bonds. The van der Waals surface area contributed by atoms with E-state index >= 15 is 0 Å². The minimum absolute atomic E-state index is 0.0906. The first-order valence-corrected chi connectivity index (χ1v) is 9.25. The third-order valence-corrected chi connectivity index (χ3v) is 4.79. The number of carbonyl (C=O) groups excluding carboxylic acids is 1. The van der Waals surface area contributed by atoms with Gasteiger partial charge in [-0.05, 0) is 62.6 Å². The topological polar surface area (TPSA) is 51.5 Å². The molecule has 5 heteroatoms. The third-order valence-electron chi connectivity index (χ3n) is 3.81. The van der Waals surface area contributed by atoms with Crippen LogP contribution in [0.3, 0.4) is 0 Å². The second kappa shape index (κ2) is 8.83. The zero-order valence-corrected chi connectivity index (χ0v) is 15.5. The maximum Gasteiger partial charge on any atom is 0.260 e. The standard InChI is InChI=1S/C19H25NO3S/c1-13-10-14(2)15(3)18(11-13)23-16(4)19(21)20-7-9-24-12-17-6-5-8-22-17/h5-6,8,10-11,16H,7,9,12H2,1-4H3,(H,20,21)/t16-/m0/s1. The maximum atomic E-state index is 12.2. The van der Waals surface area contributed by atoms with E-state index in [9.17, 15) is 4.79 Å². The van der Waals surface area contributed by atoms with Crippen LogP contribution in [0.2, 0.25) is 0 Å². The van der Waals surface area contributed by atoms with E-state index in [1.54, 1.807) is 24.9 Å². The number of carbonyl (C=O) groups is 1. The van der Waals surface area contributed by atoms with Gasteiger partial charge < -0.3 is 14.5 Å². The van der Waals surface area contributed by atoms with Crippen molar-refractivity contribution >= 4 is 17.7 Å². The Kier molecular flexibility index (Phi) is 6.79. The minimum atomic E-state index is -0.514. The fourth-order valence-electron chi connectivity index (χ4n) is 2.32. The molecular formula is C19H25NO3S. The normalized spacial score (nSPS) is 12.0. The summed E-state index contributed by atoms with van der Waals surface area (Å²) in [5, 5.41) is 2.92. The molecule has 1 aromatic carbocycles. The van der Waals surface area contributed by atoms with E-state index in [1.807, 2.05) is 32.0 Å². The van der Waals surface area contributed by atoms with Gasteiger partial charge in [0.25, 0.3) is 5.91 Å². The van der Waals surface area contributed by atoms with Crippen LogP contribution in [0.25, 0.3) is 0 Å². The molecule has 0 radical (unpaired) electrons. The number of hydrogen-bond donors (Lipinski definition) is 1. The minimum Gasteiger partial charge on any atom is -0.481 e. The second-order valence-electron chi connectivity index (χ2n) is 5.89. The Bertz CT molecular complexity index is 668. The summed E-state index contributed by atoms with van der Waals surface area (Å²) in [6.07, 6.45) is 1.16. The first kappa shape index (κ1) is 18.5. The molecule has 0 aliphatic carbocycles. The Morgan fingerprint density at radius 1 is 1.33 bits per heavy atom. The van der Waals surface area contributed by atoms with E-state index < -0.39 is 6.10 Å². The van der Waals surface area contributed by atoms with Gasteiger partial charge >= 0.3 is 0 Å². The monoisotopic (exact) mass is 347 g/mol. The zero-order valence-electron chi connectivity index (χ0n) is 14.7. The predicted octanol–water partition coefficient (Wildman–Crippen LogP) is 4.02. The van der Waals surface area contributed by atoms with Gasteiger partial charge in [0.15, 0.2) is 6.10 Å². The molecule has 1 aromatic heterocycles. The van der Waals surface area contributed by atoms with Crippen molar-refractivity contribution in [2.45, 2.75) is 39.6 Å². The van der Waals surface area contributed by atoms with Gasteiger partial charge in [-0.15, -0.1) is 0 Å². The van der Waals surface area contributed by atoms with Crippen molar-refractivity contribution in [3.63, 3.8) is 0 Å². The summed E-state index contributed by atoms with van der Waals surface area (Å²) in [5.74, 6) is 3.29. The molecule has 1 N–H and O–H groups in total. The van der Waals surface area contributed by atoms with Crippen LogP contribution in [0, 0.1) is 20.8 Å². The summed E-state index contributed by atoms with van der Waals surface area (Å²) in [6, 6.07) is 7.92. The molecular weight excluding hydrogens is 322 g/mol. The van der Waals surface area contributed by atoms with Crippen molar-refractivity contribution in [1.82, 2.24) is 5.32 Å². The lowest BCUT2D eigenvalue weighted by molar-refractivity contribution is -0.127. The van der Waals surface area contributed by atoms with Gasteiger partial charge in [-0.1, -0.05) is 6.07 Å². The lowest BCUT2D eigenvalue weighted by Crippen LogP contribution is -2.37. The molecule has 0 fully saturated rings. The van der Waals surface area contributed by atoms with Gasteiger partial charge in [-0.3, -0.25) is 4.79 Å². The molecule has 1 heterocycles. The Hall–Kier alpha value is -1.88. The number of aryl methyl sites for hydroxylation is 2. The van der Waals surface area contributed by atoms with Gasteiger partial charge in [0.2, 0.25) is 0 Å². The first-order valence-electron chi connectivity index (χ1n) is 8.09. The van der Waals surface area contributed by atoms with E-state index in [2.05, 4.69) is 18.3 Å². The first-order chi connectivity index (χ1) is 11.5. The number of furan rings is 1. The summed E-state index contributed by atoms with van der Waals surface area (Å²) in [4.78, 5) is 12.2. The van der Waals surface area contributed by atoms with Gasteiger partial charge in [-0.25, -0.2) is 0 Å². The average molecular weight is 347 g/mol. The summed E-state index contributed by atoms with van der Waals surface area (Å²) in [6.45, 7) is 8.49. The van der Waals surface area contributed by atoms with Crippen molar-refractivity contribution in [3.05, 3.63) is 53.0 Å². The van der Waals surface area contributed by atoms with E-state index in [0.717, 1.165) is 34.1 Å². The SMILES string of the molecule is Cc1cc(C)c(C)c(O[C@@H](C)C(=O)NCCSCc2ccco2)c1. The zero-order chi connectivity index (χ0) is 17.5. The molecule has 0 spiro atoms. The number of ether oxygens (including phenoxy) is 1. The van der Waals surface area contributed by atoms with Crippen molar-refractivity contribution in [3.8, 4) is 5.75 Å². The molecule has 0 saturated carbocycles. The molecule has 0 unspecified atom stereocenters. The molecule has 2 rings (SSSR count). The van der Waals surface area contributed by atoms with Crippen LogP contribution in [0.1, 0.15) is 29.4 Å². The highest BCUT2D eigenvalue weighted by Gasteiger charge is 2.16. The number of hydrogen-bond acceptors (Lipinski definition) is 4. The van der Waals surface area contributed by atoms with Gasteiger partial charge in [-0.2, -0.15) is 11.8 Å². The quantitative estimate of drug-likeness (QED) is 0.733. The maximum absolute atomic E-state index is 12.2. The molecule has 0 aliphatic rings. The second-order valence-corrected chi connectivity index (χ2v) is 6.99. The lowest BCUT2D eigenvalue weighted by Gasteiger charge is -2.18. The fraction of sp³-hybridized carbons (Fsp3) is 0.421. The van der Waals surface area contributed by atoms with E-state index in [4.69, 9.17) is 9.15 Å². The van der Waals surface area contributed by atoms with Crippen LogP contribution in [0.4, 0.5) is 0 Å². The molecule has 0 saturated heterocycles. The molecule has 24 heavy (non-hydrogen) atoms. The Balaban J connectivity index is 1.74. The smallest absolute Gasteiger partial charge is 0.260 e. The van der Waals surface area contributed by atoms with Crippen LogP contribution in [-0.4, -0.2) is 24.3 Å². The number of nitrogens with one attached hydrogen (secondary N) is 1. The summed E-state index contributed by atoms with van der Waals surface area (Å²) in [7, 11) is 0. The summed E-state index contributed by atoms with van der Waals surface area (Å²) >= 11 is 1.73. The lowest BCUT2D eigenvalue weighted by atomic mass is 10.1. The van der Waals surface area contributed by atoms with Crippen molar-refractivity contribution in [1.29, 1.82) is 0 Å². The molecule has 130 valence electrons. The summed E-state index contributed by atoms with van der Waals surface area (Å²) < 4.78 is 11.1. The Morgan fingerprint density at radius 2 is 2.12 bits per heavy atom. The number of amides is 1. The predicted molar refractivity (Wildman–Crippen MR) is 98.6 cm³/mol. The van der Waals surface area contributed by atoms with E-state index in [-0.39, 0.29) is 5.91 Å². The molecule has 1 atom stereocenters. The number of rotatable bonds is 8. The molecule has 0 bridgehead atoms. The van der Waals surface area contributed by atoms with Gasteiger partial charge in [0.1, 0.15) is 11.5 Å². The van der Waals surface area contributed by atoms with Gasteiger partial charge in [0.05, 0.1) is 12.0 Å². The highest BCUT2D eigenvalue weighted by Crippen LogP contribution is 2.24. The Labute approximate surface area is 148 Å². The fourth-order valence-corrected chi connectivity index (χ4v) is 3.08. The van der Waals surface area contributed by atoms with Crippen molar-refractivity contribution in [2.24, 2.45) is 0 Å². The highest BCUT2D eigenvalue weighted by molar-refractivity contribution is 7.98. The Morgan fingerprint density at radius 3 is 2.83 bits per heavy atom. The van der Waals surface area contributed by atoms with E-state index in [0.29, 0.717) is 6.54 Å². The van der Waals surface area contributed by atoms with E-state index in [1.165, 1.54) is 5.56 Å². The molecule has 0 aliphatic heterocycles. The largest absolute Gasteiger partial charge is 0.481 e. The summed E-state index contributed by atoms with van der Waals surface area (Å²) in [5.41, 5.74) is 3.39. The van der Waals surface area contributed by atoms with Crippen LogP contribution in [0.15, 0.2) is 34.9 Å². The van der Waals surface area contributed by atoms with Crippen molar-refractivity contribution < 1.29 is 13.9 Å². The van der Waals surface area contributed by atoms with Crippen LogP contribution in [-0.2, 0) is 10.5 Å². The number of thioether (sulfide) groups is 1. The van der Waals surface area contributed by atoms with Crippen LogP contribution in [0.5, 0.6) is 5.75 Å². The number of benzene rings is 1. The van der Waals surface area contributed by atoms with Crippen LogP contribution < -0.4 is 10.1 Å². The average Bonchev–Trinajstić information content (AvgIpc) is 3.04. The molecule has 2 aromatic rings. The van der Waals surface area contributed by atoms with Gasteiger partial charge in [0, 0.05) is 12.3 Å². The van der Waals surface area contributed by atoms with Crippen molar-refractivity contribution in [2.75, 3.05) is 12.3 Å². The molecule has 4 nitrogen and oxygen atoms in total.